The van der Waals surface area contributed by atoms with Gasteiger partial charge in [-0.3, -0.25) is 0 Å². The van der Waals surface area contributed by atoms with E-state index in [0.717, 1.165) is 31.5 Å². The van der Waals surface area contributed by atoms with E-state index < -0.39 is 0 Å². The lowest BCUT2D eigenvalue weighted by Crippen LogP contribution is -2.12. The van der Waals surface area contributed by atoms with Gasteiger partial charge < -0.3 is 9.47 Å². The van der Waals surface area contributed by atoms with Crippen molar-refractivity contribution < 1.29 is 9.47 Å². The molecule has 15 heavy (non-hydrogen) atoms. The van der Waals surface area contributed by atoms with E-state index in [1.165, 1.54) is 25.7 Å². The zero-order valence-electron chi connectivity index (χ0n) is 10.2. The normalized spacial score (nSPS) is 13.0. The van der Waals surface area contributed by atoms with Crippen molar-refractivity contribution in [2.24, 2.45) is 5.92 Å². The van der Waals surface area contributed by atoms with Crippen LogP contribution in [0.5, 0.6) is 0 Å². The van der Waals surface area contributed by atoms with E-state index in [1.54, 1.807) is 0 Å². The fraction of sp³-hybridized carbons (Fsp3) is 1.00. The van der Waals surface area contributed by atoms with Crippen molar-refractivity contribution >= 4 is 12.6 Å². The maximum Gasteiger partial charge on any atom is 0.0700 e. The van der Waals surface area contributed by atoms with E-state index in [0.29, 0.717) is 6.61 Å². The third-order valence-corrected chi connectivity index (χ3v) is 2.69. The molecular weight excluding hydrogens is 208 g/mol. The van der Waals surface area contributed by atoms with Crippen molar-refractivity contribution in [3.63, 3.8) is 0 Å². The summed E-state index contributed by atoms with van der Waals surface area (Å²) in [5.74, 6) is 1.52. The molecule has 0 saturated heterocycles. The van der Waals surface area contributed by atoms with Crippen molar-refractivity contribution in [2.45, 2.75) is 39.5 Å². The minimum absolute atomic E-state index is 0.699. The SMILES string of the molecule is CCCCC(CC)COCCOCCS. The maximum absolute atomic E-state index is 5.58. The molecule has 0 radical (unpaired) electrons. The Morgan fingerprint density at radius 3 is 2.40 bits per heavy atom. The molecule has 1 unspecified atom stereocenters. The van der Waals surface area contributed by atoms with E-state index in [9.17, 15) is 0 Å². The molecule has 0 spiro atoms. The monoisotopic (exact) mass is 234 g/mol. The molecule has 0 aliphatic heterocycles. The van der Waals surface area contributed by atoms with Crippen LogP contribution < -0.4 is 0 Å². The van der Waals surface area contributed by atoms with Gasteiger partial charge in [-0.25, -0.2) is 0 Å². The summed E-state index contributed by atoms with van der Waals surface area (Å²) in [6, 6.07) is 0. The topological polar surface area (TPSA) is 18.5 Å². The zero-order valence-corrected chi connectivity index (χ0v) is 11.1. The summed E-state index contributed by atoms with van der Waals surface area (Å²) in [5, 5.41) is 0. The quantitative estimate of drug-likeness (QED) is 0.437. The van der Waals surface area contributed by atoms with Crippen LogP contribution >= 0.6 is 12.6 Å². The number of unbranched alkanes of at least 4 members (excludes halogenated alkanes) is 1. The van der Waals surface area contributed by atoms with Crippen LogP contribution in [0.2, 0.25) is 0 Å². The van der Waals surface area contributed by atoms with Crippen LogP contribution in [-0.4, -0.2) is 32.2 Å². The van der Waals surface area contributed by atoms with Gasteiger partial charge in [-0.2, -0.15) is 12.6 Å². The van der Waals surface area contributed by atoms with Crippen LogP contribution in [0.3, 0.4) is 0 Å². The highest BCUT2D eigenvalue weighted by molar-refractivity contribution is 7.80. The molecule has 92 valence electrons. The summed E-state index contributed by atoms with van der Waals surface area (Å²) >= 11 is 4.07. The molecule has 0 fully saturated rings. The van der Waals surface area contributed by atoms with Gasteiger partial charge in [0.05, 0.1) is 19.8 Å². The first-order valence-corrected chi connectivity index (χ1v) is 6.74. The molecule has 2 nitrogen and oxygen atoms in total. The molecule has 0 bridgehead atoms. The number of thiol groups is 1. The van der Waals surface area contributed by atoms with Crippen LogP contribution in [0.4, 0.5) is 0 Å². The fourth-order valence-corrected chi connectivity index (χ4v) is 1.56. The molecule has 1 atom stereocenters. The first-order chi connectivity index (χ1) is 7.35. The van der Waals surface area contributed by atoms with Gasteiger partial charge in [0.1, 0.15) is 0 Å². The Bertz CT molecular complexity index is 120. The van der Waals surface area contributed by atoms with Crippen molar-refractivity contribution in [3.05, 3.63) is 0 Å². The molecule has 0 N–H and O–H groups in total. The summed E-state index contributed by atoms with van der Waals surface area (Å²) in [5.41, 5.74) is 0. The summed E-state index contributed by atoms with van der Waals surface area (Å²) in [6.45, 7) is 7.50. The molecule has 0 rings (SSSR count). The average Bonchev–Trinajstić information content (AvgIpc) is 2.27. The molecule has 0 amide bonds. The lowest BCUT2D eigenvalue weighted by Gasteiger charge is -2.14. The van der Waals surface area contributed by atoms with E-state index >= 15 is 0 Å². The van der Waals surface area contributed by atoms with Crippen molar-refractivity contribution in [3.8, 4) is 0 Å². The molecular formula is C12H26O2S. The predicted molar refractivity (Wildman–Crippen MR) is 68.8 cm³/mol. The maximum atomic E-state index is 5.58. The van der Waals surface area contributed by atoms with Gasteiger partial charge in [-0.1, -0.05) is 33.1 Å². The van der Waals surface area contributed by atoms with Crippen molar-refractivity contribution in [1.29, 1.82) is 0 Å². The van der Waals surface area contributed by atoms with Crippen LogP contribution in [0, 0.1) is 5.92 Å². The Hall–Kier alpha value is 0.270. The van der Waals surface area contributed by atoms with Crippen LogP contribution in [0.25, 0.3) is 0 Å². The van der Waals surface area contributed by atoms with Crippen LogP contribution in [0.1, 0.15) is 39.5 Å². The minimum atomic E-state index is 0.699. The van der Waals surface area contributed by atoms with Gasteiger partial charge in [0.2, 0.25) is 0 Å². The molecule has 0 saturated carbocycles. The Kier molecular flexibility index (Phi) is 12.6. The lowest BCUT2D eigenvalue weighted by molar-refractivity contribution is 0.0359. The van der Waals surface area contributed by atoms with E-state index in [4.69, 9.17) is 9.47 Å². The molecule has 3 heteroatoms. The third-order valence-electron chi connectivity index (χ3n) is 2.50. The highest BCUT2D eigenvalue weighted by atomic mass is 32.1. The number of hydrogen-bond acceptors (Lipinski definition) is 3. The summed E-state index contributed by atoms with van der Waals surface area (Å²) in [6.07, 6.45) is 5.11. The molecule has 0 aliphatic rings. The smallest absolute Gasteiger partial charge is 0.0700 e. The number of hydrogen-bond donors (Lipinski definition) is 1. The second kappa shape index (κ2) is 12.3. The van der Waals surface area contributed by atoms with Crippen LogP contribution in [0.15, 0.2) is 0 Å². The fourth-order valence-electron chi connectivity index (χ4n) is 1.43. The van der Waals surface area contributed by atoms with Crippen molar-refractivity contribution in [2.75, 3.05) is 32.2 Å². The Morgan fingerprint density at radius 1 is 1.07 bits per heavy atom. The molecule has 0 aromatic carbocycles. The molecule has 0 aromatic heterocycles. The van der Waals surface area contributed by atoms with Crippen molar-refractivity contribution in [1.82, 2.24) is 0 Å². The van der Waals surface area contributed by atoms with Gasteiger partial charge in [-0.15, -0.1) is 0 Å². The molecule has 0 aliphatic carbocycles. The van der Waals surface area contributed by atoms with E-state index in [1.807, 2.05) is 0 Å². The summed E-state index contributed by atoms with van der Waals surface area (Å²) in [4.78, 5) is 0. The van der Waals surface area contributed by atoms with Gasteiger partial charge in [0.25, 0.3) is 0 Å². The molecule has 0 aromatic rings. The summed E-state index contributed by atoms with van der Waals surface area (Å²) in [7, 11) is 0. The summed E-state index contributed by atoms with van der Waals surface area (Å²) < 4.78 is 10.9. The highest BCUT2D eigenvalue weighted by Gasteiger charge is 2.05. The first-order valence-electron chi connectivity index (χ1n) is 6.11. The minimum Gasteiger partial charge on any atom is -0.379 e. The van der Waals surface area contributed by atoms with Gasteiger partial charge in [-0.05, 0) is 12.3 Å². The standard InChI is InChI=1S/C12H26O2S/c1-3-5-6-12(4-2)11-14-8-7-13-9-10-15/h12,15H,3-11H2,1-2H3. The van der Waals surface area contributed by atoms with Crippen LogP contribution in [-0.2, 0) is 9.47 Å². The van der Waals surface area contributed by atoms with Gasteiger partial charge in [0.15, 0.2) is 0 Å². The predicted octanol–water partition coefficient (Wildman–Crippen LogP) is 3.17. The Balaban J connectivity index is 3.22. The Labute approximate surface area is 100 Å². The second-order valence-electron chi connectivity index (χ2n) is 3.83. The highest BCUT2D eigenvalue weighted by Crippen LogP contribution is 2.12. The first kappa shape index (κ1) is 15.3. The Morgan fingerprint density at radius 2 is 1.80 bits per heavy atom. The lowest BCUT2D eigenvalue weighted by atomic mass is 10.0. The third kappa shape index (κ3) is 10.6. The van der Waals surface area contributed by atoms with Gasteiger partial charge >= 0.3 is 0 Å². The zero-order chi connectivity index (χ0) is 11.4. The van der Waals surface area contributed by atoms with E-state index in [-0.39, 0.29) is 0 Å². The van der Waals surface area contributed by atoms with E-state index in [2.05, 4.69) is 26.5 Å². The number of ether oxygens (including phenoxy) is 2. The largest absolute Gasteiger partial charge is 0.379 e. The molecule has 0 heterocycles. The average molecular weight is 234 g/mol. The van der Waals surface area contributed by atoms with Gasteiger partial charge in [0, 0.05) is 12.4 Å². The number of rotatable bonds is 11. The second-order valence-corrected chi connectivity index (χ2v) is 4.27.